The van der Waals surface area contributed by atoms with E-state index < -0.39 is 0 Å². The van der Waals surface area contributed by atoms with Gasteiger partial charge in [-0.3, -0.25) is 4.79 Å². The van der Waals surface area contributed by atoms with Gasteiger partial charge in [0.2, 0.25) is 0 Å². The average molecular weight is 353 g/mol. The molecule has 2 heterocycles. The number of likely N-dealkylation sites (tertiary alicyclic amines) is 1. The van der Waals surface area contributed by atoms with E-state index in [-0.39, 0.29) is 17.1 Å². The van der Waals surface area contributed by atoms with E-state index in [1.807, 2.05) is 6.07 Å². The van der Waals surface area contributed by atoms with Crippen LogP contribution in [0.1, 0.15) is 28.8 Å². The first kappa shape index (κ1) is 17.0. The van der Waals surface area contributed by atoms with Crippen LogP contribution in [0, 0.1) is 5.82 Å². The third-order valence-corrected chi connectivity index (χ3v) is 5.65. The second kappa shape index (κ2) is 6.40. The maximum absolute atomic E-state index is 13.0. The number of piperidine rings is 1. The Morgan fingerprint density at radius 2 is 1.88 bits per heavy atom. The number of hydrogen-bond donors (Lipinski definition) is 1. The van der Waals surface area contributed by atoms with Crippen molar-refractivity contribution in [2.45, 2.75) is 18.3 Å². The maximum atomic E-state index is 13.0. The molecule has 0 aliphatic carbocycles. The zero-order valence-corrected chi connectivity index (χ0v) is 15.3. The normalized spacial score (nSPS) is 22.5. The number of hydrogen-bond acceptors (Lipinski definition) is 3. The summed E-state index contributed by atoms with van der Waals surface area (Å²) in [5.41, 5.74) is 3.84. The van der Waals surface area contributed by atoms with Crippen molar-refractivity contribution in [3.63, 3.8) is 0 Å². The van der Waals surface area contributed by atoms with Crippen LogP contribution in [0.25, 0.3) is 0 Å². The number of anilines is 2. The Balaban J connectivity index is 1.63. The molecule has 2 aliphatic rings. The molecule has 2 aromatic rings. The summed E-state index contributed by atoms with van der Waals surface area (Å²) in [5, 5.41) is 2.86. The van der Waals surface area contributed by atoms with Crippen LogP contribution < -0.4 is 10.2 Å². The molecule has 4 nitrogen and oxygen atoms in total. The highest BCUT2D eigenvalue weighted by atomic mass is 19.1. The van der Waals surface area contributed by atoms with Gasteiger partial charge in [0.1, 0.15) is 5.82 Å². The van der Waals surface area contributed by atoms with Crippen LogP contribution in [0.15, 0.2) is 42.5 Å². The Hall–Kier alpha value is -2.40. The van der Waals surface area contributed by atoms with Crippen LogP contribution in [0.4, 0.5) is 15.8 Å². The van der Waals surface area contributed by atoms with Gasteiger partial charge in [0.05, 0.1) is 0 Å². The van der Waals surface area contributed by atoms with Gasteiger partial charge in [0, 0.05) is 42.5 Å². The highest BCUT2D eigenvalue weighted by Crippen LogP contribution is 2.45. The van der Waals surface area contributed by atoms with Gasteiger partial charge in [-0.25, -0.2) is 4.39 Å². The van der Waals surface area contributed by atoms with Crippen molar-refractivity contribution in [2.24, 2.45) is 0 Å². The van der Waals surface area contributed by atoms with Crippen molar-refractivity contribution in [3.05, 3.63) is 59.4 Å². The predicted molar refractivity (Wildman–Crippen MR) is 102 cm³/mol. The van der Waals surface area contributed by atoms with Crippen LogP contribution >= 0.6 is 0 Å². The lowest BCUT2D eigenvalue weighted by Gasteiger charge is -2.39. The van der Waals surface area contributed by atoms with Gasteiger partial charge in [0.15, 0.2) is 0 Å². The third-order valence-electron chi connectivity index (χ3n) is 5.65. The number of benzene rings is 2. The van der Waals surface area contributed by atoms with E-state index in [0.29, 0.717) is 11.3 Å². The highest BCUT2D eigenvalue weighted by Gasteiger charge is 2.43. The van der Waals surface area contributed by atoms with E-state index in [1.54, 1.807) is 12.1 Å². The Bertz CT molecular complexity index is 832. The van der Waals surface area contributed by atoms with E-state index in [2.05, 4.69) is 41.3 Å². The van der Waals surface area contributed by atoms with Crippen LogP contribution in [-0.2, 0) is 5.41 Å². The SMILES string of the molecule is CN1CCCC2(C1)CN(C)c1ccc(C(=O)Nc3ccc(F)cc3)cc12. The van der Waals surface area contributed by atoms with Crippen LogP contribution in [0.2, 0.25) is 0 Å². The van der Waals surface area contributed by atoms with Gasteiger partial charge in [-0.15, -0.1) is 0 Å². The van der Waals surface area contributed by atoms with Gasteiger partial charge in [-0.2, -0.15) is 0 Å². The number of fused-ring (bicyclic) bond motifs is 2. The summed E-state index contributed by atoms with van der Waals surface area (Å²) in [6.45, 7) is 3.15. The van der Waals surface area contributed by atoms with Crippen molar-refractivity contribution < 1.29 is 9.18 Å². The average Bonchev–Trinajstić information content (AvgIpc) is 2.88. The summed E-state index contributed by atoms with van der Waals surface area (Å²) >= 11 is 0. The number of nitrogens with zero attached hydrogens (tertiary/aromatic N) is 2. The third kappa shape index (κ3) is 2.97. The number of likely N-dealkylation sites (N-methyl/N-ethyl adjacent to an activating group) is 2. The lowest BCUT2D eigenvalue weighted by molar-refractivity contribution is 0.102. The van der Waals surface area contributed by atoms with E-state index in [0.717, 1.165) is 26.1 Å². The molecule has 0 saturated carbocycles. The smallest absolute Gasteiger partial charge is 0.255 e. The minimum atomic E-state index is -0.313. The van der Waals surface area contributed by atoms with Crippen molar-refractivity contribution >= 4 is 17.3 Å². The highest BCUT2D eigenvalue weighted by molar-refractivity contribution is 6.04. The van der Waals surface area contributed by atoms with Crippen molar-refractivity contribution in [3.8, 4) is 0 Å². The fourth-order valence-corrected chi connectivity index (χ4v) is 4.51. The molecule has 26 heavy (non-hydrogen) atoms. The summed E-state index contributed by atoms with van der Waals surface area (Å²) in [4.78, 5) is 17.4. The van der Waals surface area contributed by atoms with Gasteiger partial charge in [-0.1, -0.05) is 0 Å². The summed E-state index contributed by atoms with van der Waals surface area (Å²) in [6.07, 6.45) is 2.33. The zero-order chi connectivity index (χ0) is 18.3. The van der Waals surface area contributed by atoms with Gasteiger partial charge in [0.25, 0.3) is 5.91 Å². The molecule has 0 radical (unpaired) electrons. The van der Waals surface area contributed by atoms with E-state index in [9.17, 15) is 9.18 Å². The van der Waals surface area contributed by atoms with E-state index in [1.165, 1.54) is 29.8 Å². The summed E-state index contributed by atoms with van der Waals surface area (Å²) in [5.74, 6) is -0.472. The molecule has 1 fully saturated rings. The van der Waals surface area contributed by atoms with E-state index >= 15 is 0 Å². The number of amides is 1. The number of carbonyl (C=O) groups is 1. The Labute approximate surface area is 153 Å². The first-order valence-corrected chi connectivity index (χ1v) is 9.08. The Morgan fingerprint density at radius 3 is 2.62 bits per heavy atom. The molecule has 2 aliphatic heterocycles. The molecule has 1 amide bonds. The molecular weight excluding hydrogens is 329 g/mol. The van der Waals surface area contributed by atoms with Gasteiger partial charge >= 0.3 is 0 Å². The number of rotatable bonds is 2. The molecule has 1 saturated heterocycles. The number of nitrogens with one attached hydrogen (secondary N) is 1. The minimum absolute atomic E-state index is 0.100. The minimum Gasteiger partial charge on any atom is -0.373 e. The molecule has 2 aromatic carbocycles. The molecule has 1 unspecified atom stereocenters. The Kier molecular flexibility index (Phi) is 4.19. The van der Waals surface area contributed by atoms with Crippen molar-refractivity contribution in [1.29, 1.82) is 0 Å². The van der Waals surface area contributed by atoms with Gasteiger partial charge < -0.3 is 15.1 Å². The molecule has 1 N–H and O–H groups in total. The quantitative estimate of drug-likeness (QED) is 0.898. The first-order chi connectivity index (χ1) is 12.5. The largest absolute Gasteiger partial charge is 0.373 e. The number of halogens is 1. The van der Waals surface area contributed by atoms with Crippen molar-refractivity contribution in [2.75, 3.05) is 43.9 Å². The van der Waals surface area contributed by atoms with Crippen LogP contribution in [0.3, 0.4) is 0 Å². The van der Waals surface area contributed by atoms with Gasteiger partial charge in [-0.05, 0) is 74.5 Å². The first-order valence-electron chi connectivity index (χ1n) is 9.08. The Morgan fingerprint density at radius 1 is 1.12 bits per heavy atom. The fourth-order valence-electron chi connectivity index (χ4n) is 4.51. The zero-order valence-electron chi connectivity index (χ0n) is 15.3. The molecule has 5 heteroatoms. The molecule has 0 aromatic heterocycles. The monoisotopic (exact) mass is 353 g/mol. The summed E-state index contributed by atoms with van der Waals surface area (Å²) in [7, 11) is 4.30. The lowest BCUT2D eigenvalue weighted by Crippen LogP contribution is -2.46. The second-order valence-corrected chi connectivity index (χ2v) is 7.67. The van der Waals surface area contributed by atoms with E-state index in [4.69, 9.17) is 0 Å². The summed E-state index contributed by atoms with van der Waals surface area (Å²) in [6, 6.07) is 11.8. The maximum Gasteiger partial charge on any atom is 0.255 e. The lowest BCUT2D eigenvalue weighted by atomic mass is 9.75. The predicted octanol–water partition coefficient (Wildman–Crippen LogP) is 3.49. The molecule has 1 atom stereocenters. The molecular formula is C21H24FN3O. The molecule has 1 spiro atoms. The number of carbonyl (C=O) groups excluding carboxylic acids is 1. The second-order valence-electron chi connectivity index (χ2n) is 7.67. The van der Waals surface area contributed by atoms with Crippen LogP contribution in [-0.4, -0.2) is 44.5 Å². The topological polar surface area (TPSA) is 35.6 Å². The standard InChI is InChI=1S/C21H24FN3O/c1-24-11-3-10-21(13-24)14-25(2)19-9-4-15(12-18(19)21)20(26)23-17-7-5-16(22)6-8-17/h4-9,12H,3,10-11,13-14H2,1-2H3,(H,23,26). The molecule has 0 bridgehead atoms. The van der Waals surface area contributed by atoms with Crippen LogP contribution in [0.5, 0.6) is 0 Å². The molecule has 136 valence electrons. The fraction of sp³-hybridized carbons (Fsp3) is 0.381. The van der Waals surface area contributed by atoms with Crippen molar-refractivity contribution in [1.82, 2.24) is 4.90 Å². The molecule has 4 rings (SSSR count). The summed E-state index contributed by atoms with van der Waals surface area (Å²) < 4.78 is 13.0.